The summed E-state index contributed by atoms with van der Waals surface area (Å²) in [4.78, 5) is 38.6. The van der Waals surface area contributed by atoms with Gasteiger partial charge in [0.05, 0.1) is 16.7 Å². The molecule has 3 aliphatic rings. The van der Waals surface area contributed by atoms with Gasteiger partial charge >= 0.3 is 0 Å². The summed E-state index contributed by atoms with van der Waals surface area (Å²) in [6.07, 6.45) is -0.692. The molecule has 0 aliphatic heterocycles. The minimum Gasteiger partial charge on any atom is -0.507 e. The number of rotatable bonds is 0. The van der Waals surface area contributed by atoms with Crippen LogP contribution in [0.4, 0.5) is 0 Å². The van der Waals surface area contributed by atoms with E-state index in [0.29, 0.717) is 0 Å². The average molecular weight is 372 g/mol. The Kier molecular flexibility index (Phi) is 3.28. The molecule has 0 saturated heterocycles. The van der Waals surface area contributed by atoms with E-state index in [4.69, 9.17) is 0 Å². The van der Waals surface area contributed by atoms with Crippen molar-refractivity contribution in [1.82, 2.24) is 0 Å². The molecule has 0 heterocycles. The summed E-state index contributed by atoms with van der Waals surface area (Å²) in [5.74, 6) is -3.55. The average Bonchev–Trinajstić information content (AvgIpc) is 2.59. The molecule has 0 aromatic heterocycles. The fourth-order valence-corrected chi connectivity index (χ4v) is 4.20. The van der Waals surface area contributed by atoms with E-state index < -0.39 is 58.0 Å². The topological polar surface area (TPSA) is 152 Å². The first-order chi connectivity index (χ1) is 12.5. The predicted molar refractivity (Wildman–Crippen MR) is 89.1 cm³/mol. The SMILES string of the molecule is C[C@]1(O)C[C@@]2(O)C=CC3=C(C(=O)c4cccc(O)c4C3=O)[C@@]2(O)C(=O)[C@H]1O. The molecule has 27 heavy (non-hydrogen) atoms. The standard InChI is InChI=1S/C19H16O8/c1-17(25)7-18(26)6-5-9-12(19(18,27)16(24)15(17)23)14(22)8-3-2-4-10(20)11(8)13(9)21/h2-6,15,20,23,25-27H,7H2,1H3/t15-,17+,18+,19-/m1/s1. The normalized spacial score (nSPS) is 37.8. The smallest absolute Gasteiger partial charge is 0.203 e. The molecule has 8 nitrogen and oxygen atoms in total. The number of carbonyl (C=O) groups is 3. The van der Waals surface area contributed by atoms with Gasteiger partial charge in [0.2, 0.25) is 5.78 Å². The lowest BCUT2D eigenvalue weighted by Gasteiger charge is -2.53. The fourth-order valence-electron chi connectivity index (χ4n) is 4.20. The van der Waals surface area contributed by atoms with Gasteiger partial charge in [0, 0.05) is 17.6 Å². The van der Waals surface area contributed by atoms with E-state index in [1.165, 1.54) is 18.2 Å². The van der Waals surface area contributed by atoms with E-state index in [1.54, 1.807) is 0 Å². The van der Waals surface area contributed by atoms with Crippen LogP contribution in [0, 0.1) is 0 Å². The van der Waals surface area contributed by atoms with Crippen molar-refractivity contribution in [3.8, 4) is 5.75 Å². The molecule has 1 saturated carbocycles. The van der Waals surface area contributed by atoms with Gasteiger partial charge in [-0.2, -0.15) is 0 Å². The third kappa shape index (κ3) is 1.93. The molecule has 8 heteroatoms. The van der Waals surface area contributed by atoms with Gasteiger partial charge in [-0.05, 0) is 19.1 Å². The Morgan fingerprint density at radius 3 is 2.41 bits per heavy atom. The van der Waals surface area contributed by atoms with Crippen molar-refractivity contribution in [2.45, 2.75) is 36.3 Å². The third-order valence-corrected chi connectivity index (χ3v) is 5.59. The van der Waals surface area contributed by atoms with Gasteiger partial charge in [-0.3, -0.25) is 14.4 Å². The number of allylic oxidation sites excluding steroid dienone is 2. The van der Waals surface area contributed by atoms with E-state index in [2.05, 4.69) is 0 Å². The number of carbonyl (C=O) groups excluding carboxylic acids is 3. The number of aliphatic hydroxyl groups excluding tert-OH is 1. The first-order valence-corrected chi connectivity index (χ1v) is 8.20. The van der Waals surface area contributed by atoms with Crippen LogP contribution >= 0.6 is 0 Å². The van der Waals surface area contributed by atoms with Crippen LogP contribution in [0.1, 0.15) is 34.1 Å². The van der Waals surface area contributed by atoms with Gasteiger partial charge < -0.3 is 25.5 Å². The number of hydrogen-bond acceptors (Lipinski definition) is 8. The lowest BCUT2D eigenvalue weighted by atomic mass is 9.56. The van der Waals surface area contributed by atoms with Crippen LogP contribution in [0.15, 0.2) is 41.5 Å². The van der Waals surface area contributed by atoms with Crippen molar-refractivity contribution >= 4 is 17.3 Å². The summed E-state index contributed by atoms with van der Waals surface area (Å²) in [5.41, 5.74) is -8.92. The minimum absolute atomic E-state index is 0.232. The lowest BCUT2D eigenvalue weighted by Crippen LogP contribution is -2.74. The largest absolute Gasteiger partial charge is 0.507 e. The summed E-state index contributed by atoms with van der Waals surface area (Å²) >= 11 is 0. The van der Waals surface area contributed by atoms with Crippen molar-refractivity contribution in [3.63, 3.8) is 0 Å². The fraction of sp³-hybridized carbons (Fsp3) is 0.316. The first kappa shape index (κ1) is 17.7. The van der Waals surface area contributed by atoms with Gasteiger partial charge in [-0.1, -0.05) is 18.2 Å². The highest BCUT2D eigenvalue weighted by Crippen LogP contribution is 2.51. The molecule has 1 aromatic carbocycles. The quantitative estimate of drug-likeness (QED) is 0.396. The van der Waals surface area contributed by atoms with Crippen LogP contribution in [0.3, 0.4) is 0 Å². The third-order valence-electron chi connectivity index (χ3n) is 5.59. The molecule has 0 amide bonds. The number of aromatic hydroxyl groups is 1. The van der Waals surface area contributed by atoms with Crippen LogP contribution in [0.25, 0.3) is 0 Å². The maximum atomic E-state index is 13.0. The Balaban J connectivity index is 2.01. The van der Waals surface area contributed by atoms with Crippen molar-refractivity contribution in [2.24, 2.45) is 0 Å². The van der Waals surface area contributed by atoms with Crippen molar-refractivity contribution in [2.75, 3.05) is 0 Å². The van der Waals surface area contributed by atoms with Crippen molar-refractivity contribution < 1.29 is 39.9 Å². The molecular weight excluding hydrogens is 356 g/mol. The number of phenolic OH excluding ortho intramolecular Hbond substituents is 1. The molecule has 0 radical (unpaired) electrons. The van der Waals surface area contributed by atoms with Crippen LogP contribution in [0.5, 0.6) is 5.75 Å². The van der Waals surface area contributed by atoms with Gasteiger partial charge in [0.15, 0.2) is 17.2 Å². The number of ketones is 3. The Morgan fingerprint density at radius 2 is 1.74 bits per heavy atom. The summed E-state index contributed by atoms with van der Waals surface area (Å²) in [6, 6.07) is 3.79. The number of fused-ring (bicyclic) bond motifs is 3. The zero-order chi connectivity index (χ0) is 19.9. The molecule has 5 N–H and O–H groups in total. The summed E-state index contributed by atoms with van der Waals surface area (Å²) in [5, 5.41) is 52.5. The summed E-state index contributed by atoms with van der Waals surface area (Å²) in [7, 11) is 0. The predicted octanol–water partition coefficient (Wildman–Crippen LogP) is -0.815. The molecular formula is C19H16O8. The van der Waals surface area contributed by atoms with Gasteiger partial charge in [-0.25, -0.2) is 0 Å². The molecule has 1 aromatic rings. The molecule has 0 bridgehead atoms. The van der Waals surface area contributed by atoms with E-state index in [9.17, 15) is 39.9 Å². The molecule has 3 aliphatic carbocycles. The van der Waals surface area contributed by atoms with E-state index in [0.717, 1.165) is 19.1 Å². The van der Waals surface area contributed by atoms with Crippen LogP contribution in [-0.4, -0.2) is 65.8 Å². The maximum absolute atomic E-state index is 13.0. The van der Waals surface area contributed by atoms with Gasteiger partial charge in [0.25, 0.3) is 0 Å². The van der Waals surface area contributed by atoms with E-state index in [-0.39, 0.29) is 16.7 Å². The Hall–Kier alpha value is -2.65. The molecule has 4 rings (SSSR count). The Bertz CT molecular complexity index is 1000. The highest BCUT2D eigenvalue weighted by atomic mass is 16.4. The Morgan fingerprint density at radius 1 is 1.07 bits per heavy atom. The number of benzene rings is 1. The number of hydrogen-bond donors (Lipinski definition) is 5. The first-order valence-electron chi connectivity index (χ1n) is 8.20. The van der Waals surface area contributed by atoms with Gasteiger partial charge in [-0.15, -0.1) is 0 Å². The van der Waals surface area contributed by atoms with Crippen molar-refractivity contribution in [3.05, 3.63) is 52.6 Å². The number of aliphatic hydroxyl groups is 4. The highest BCUT2D eigenvalue weighted by molar-refractivity contribution is 6.32. The van der Waals surface area contributed by atoms with E-state index in [1.807, 2.05) is 0 Å². The minimum atomic E-state index is -2.92. The molecule has 140 valence electrons. The second-order valence-corrected chi connectivity index (χ2v) is 7.42. The highest BCUT2D eigenvalue weighted by Gasteiger charge is 2.69. The number of phenols is 1. The molecule has 0 unspecified atom stereocenters. The van der Waals surface area contributed by atoms with Crippen LogP contribution < -0.4 is 0 Å². The van der Waals surface area contributed by atoms with Crippen LogP contribution in [-0.2, 0) is 4.79 Å². The second kappa shape index (κ2) is 4.99. The molecule has 4 atom stereocenters. The lowest BCUT2D eigenvalue weighted by molar-refractivity contribution is -0.209. The zero-order valence-electron chi connectivity index (χ0n) is 14.1. The summed E-state index contributed by atoms with van der Waals surface area (Å²) in [6.45, 7) is 1.12. The van der Waals surface area contributed by atoms with Crippen molar-refractivity contribution in [1.29, 1.82) is 0 Å². The van der Waals surface area contributed by atoms with E-state index >= 15 is 0 Å². The second-order valence-electron chi connectivity index (χ2n) is 7.42. The Labute approximate surface area is 152 Å². The maximum Gasteiger partial charge on any atom is 0.203 e. The molecule has 0 spiro atoms. The number of Topliss-reactive ketones (excluding diaryl/α,β-unsaturated/α-hetero) is 3. The monoisotopic (exact) mass is 372 g/mol. The van der Waals surface area contributed by atoms with Crippen LogP contribution in [0.2, 0.25) is 0 Å². The molecule has 1 fully saturated rings. The summed E-state index contributed by atoms with van der Waals surface area (Å²) < 4.78 is 0. The zero-order valence-corrected chi connectivity index (χ0v) is 14.1. The van der Waals surface area contributed by atoms with Gasteiger partial charge in [0.1, 0.15) is 17.5 Å².